The summed E-state index contributed by atoms with van der Waals surface area (Å²) in [4.78, 5) is 13.4. The third-order valence-electron chi connectivity index (χ3n) is 3.37. The number of hydrogen-bond donors (Lipinski definition) is 2. The molecular weight excluding hydrogens is 352 g/mol. The summed E-state index contributed by atoms with van der Waals surface area (Å²) in [6.45, 7) is 2.19. The van der Waals surface area contributed by atoms with Crippen molar-refractivity contribution in [1.82, 2.24) is 5.32 Å². The molecule has 19 heavy (non-hydrogen) atoms. The van der Waals surface area contributed by atoms with E-state index in [1.807, 2.05) is 11.4 Å². The molecule has 0 aromatic carbocycles. The fourth-order valence-electron chi connectivity index (χ4n) is 2.09. The van der Waals surface area contributed by atoms with Crippen molar-refractivity contribution in [1.29, 1.82) is 0 Å². The Morgan fingerprint density at radius 1 is 1.53 bits per heavy atom. The summed E-state index contributed by atoms with van der Waals surface area (Å²) in [5, 5.41) is 5.00. The molecule has 0 unspecified atom stereocenters. The highest BCUT2D eigenvalue weighted by Gasteiger charge is 2.38. The molecule has 2 rings (SSSR count). The minimum Gasteiger partial charge on any atom is -0.381 e. The lowest BCUT2D eigenvalue weighted by atomic mass is 9.79. The van der Waals surface area contributed by atoms with Crippen LogP contribution in [0, 0.1) is 5.41 Å². The van der Waals surface area contributed by atoms with E-state index >= 15 is 0 Å². The summed E-state index contributed by atoms with van der Waals surface area (Å²) in [5.41, 5.74) is 5.35. The zero-order valence-corrected chi connectivity index (χ0v) is 13.7. The maximum Gasteiger partial charge on any atom is 0.227 e. The molecule has 108 valence electrons. The molecule has 1 aliphatic rings. The van der Waals surface area contributed by atoms with Crippen LogP contribution in [0.2, 0.25) is 0 Å². The maximum absolute atomic E-state index is 12.3. The molecule has 0 bridgehead atoms. The van der Waals surface area contributed by atoms with E-state index in [9.17, 15) is 4.79 Å². The van der Waals surface area contributed by atoms with Gasteiger partial charge in [0.15, 0.2) is 0 Å². The topological polar surface area (TPSA) is 64.4 Å². The lowest BCUT2D eigenvalue weighted by Gasteiger charge is -2.34. The molecule has 1 amide bonds. The van der Waals surface area contributed by atoms with Crippen molar-refractivity contribution < 1.29 is 9.53 Å². The number of amides is 1. The van der Waals surface area contributed by atoms with E-state index in [2.05, 4.69) is 21.2 Å². The molecule has 1 aromatic heterocycles. The molecular formula is C12H18BrClN2O2S. The monoisotopic (exact) mass is 368 g/mol. The number of halogens is 2. The number of ether oxygens (including phenoxy) is 1. The number of rotatable bonds is 4. The van der Waals surface area contributed by atoms with Crippen LogP contribution in [-0.2, 0) is 16.1 Å². The summed E-state index contributed by atoms with van der Waals surface area (Å²) in [5.74, 6) is 0.0535. The van der Waals surface area contributed by atoms with Gasteiger partial charge in [-0.15, -0.1) is 23.7 Å². The molecule has 1 saturated heterocycles. The highest BCUT2D eigenvalue weighted by atomic mass is 79.9. The van der Waals surface area contributed by atoms with Gasteiger partial charge in [-0.3, -0.25) is 4.79 Å². The minimum atomic E-state index is -0.438. The van der Waals surface area contributed by atoms with Crippen LogP contribution in [0.4, 0.5) is 0 Å². The van der Waals surface area contributed by atoms with E-state index in [1.165, 1.54) is 0 Å². The fraction of sp³-hybridized carbons (Fsp3) is 0.583. The molecule has 1 fully saturated rings. The average Bonchev–Trinajstić information content (AvgIpc) is 2.82. The zero-order valence-electron chi connectivity index (χ0n) is 10.5. The summed E-state index contributed by atoms with van der Waals surface area (Å²) < 4.78 is 6.36. The van der Waals surface area contributed by atoms with Gasteiger partial charge >= 0.3 is 0 Å². The maximum atomic E-state index is 12.3. The van der Waals surface area contributed by atoms with Gasteiger partial charge in [-0.05, 0) is 34.8 Å². The van der Waals surface area contributed by atoms with E-state index in [0.717, 1.165) is 9.35 Å². The van der Waals surface area contributed by atoms with E-state index in [1.54, 1.807) is 11.3 Å². The van der Waals surface area contributed by atoms with Crippen molar-refractivity contribution >= 4 is 45.6 Å². The first kappa shape index (κ1) is 16.9. The van der Waals surface area contributed by atoms with Gasteiger partial charge < -0.3 is 15.8 Å². The van der Waals surface area contributed by atoms with Gasteiger partial charge in [0.2, 0.25) is 5.91 Å². The molecule has 4 nitrogen and oxygen atoms in total. The number of nitrogens with one attached hydrogen (secondary N) is 1. The first-order valence-corrected chi connectivity index (χ1v) is 7.62. The summed E-state index contributed by atoms with van der Waals surface area (Å²) in [6, 6.07) is 2.02. The van der Waals surface area contributed by atoms with Crippen molar-refractivity contribution in [3.8, 4) is 0 Å². The van der Waals surface area contributed by atoms with Crippen LogP contribution >= 0.6 is 39.7 Å². The molecule has 0 aliphatic carbocycles. The van der Waals surface area contributed by atoms with Gasteiger partial charge in [0.05, 0.1) is 12.0 Å². The van der Waals surface area contributed by atoms with Gasteiger partial charge in [0.25, 0.3) is 0 Å². The fourth-order valence-corrected chi connectivity index (χ4v) is 3.48. The zero-order chi connectivity index (χ0) is 13.0. The minimum absolute atomic E-state index is 0. The smallest absolute Gasteiger partial charge is 0.227 e. The lowest BCUT2D eigenvalue weighted by Crippen LogP contribution is -2.48. The second kappa shape index (κ2) is 7.59. The third-order valence-corrected chi connectivity index (χ3v) is 5.06. The van der Waals surface area contributed by atoms with Gasteiger partial charge in [0.1, 0.15) is 0 Å². The van der Waals surface area contributed by atoms with Crippen LogP contribution in [0.5, 0.6) is 0 Å². The number of hydrogen-bond acceptors (Lipinski definition) is 4. The number of carbonyl (C=O) groups is 1. The van der Waals surface area contributed by atoms with Crippen LogP contribution in [-0.4, -0.2) is 25.7 Å². The van der Waals surface area contributed by atoms with Crippen LogP contribution in [0.1, 0.15) is 17.7 Å². The Kier molecular flexibility index (Phi) is 6.76. The van der Waals surface area contributed by atoms with Gasteiger partial charge in [-0.1, -0.05) is 0 Å². The normalized spacial score (nSPS) is 17.6. The Bertz CT molecular complexity index is 422. The highest BCUT2D eigenvalue weighted by Crippen LogP contribution is 2.29. The standard InChI is InChI=1S/C12H17BrN2O2S.ClH/c13-9-5-10(18-7-9)6-15-11(16)12(8-14)1-3-17-4-2-12;/h5,7H,1-4,6,8,14H2,(H,15,16);1H. The van der Waals surface area contributed by atoms with Gasteiger partial charge in [-0.25, -0.2) is 0 Å². The van der Waals surface area contributed by atoms with Crippen molar-refractivity contribution in [3.63, 3.8) is 0 Å². The Hall–Kier alpha value is -0.140. The Morgan fingerprint density at radius 3 is 2.74 bits per heavy atom. The molecule has 1 aliphatic heterocycles. The van der Waals surface area contributed by atoms with E-state index in [-0.39, 0.29) is 18.3 Å². The third kappa shape index (κ3) is 4.16. The Morgan fingerprint density at radius 2 is 2.21 bits per heavy atom. The summed E-state index contributed by atoms with van der Waals surface area (Å²) >= 11 is 5.03. The predicted octanol–water partition coefficient (Wildman–Crippen LogP) is 2.30. The average molecular weight is 370 g/mol. The molecule has 0 radical (unpaired) electrons. The first-order chi connectivity index (χ1) is 8.66. The highest BCUT2D eigenvalue weighted by molar-refractivity contribution is 9.10. The van der Waals surface area contributed by atoms with Crippen molar-refractivity contribution in [2.75, 3.05) is 19.8 Å². The molecule has 1 aromatic rings. The summed E-state index contributed by atoms with van der Waals surface area (Å²) in [6.07, 6.45) is 1.42. The summed E-state index contributed by atoms with van der Waals surface area (Å²) in [7, 11) is 0. The second-order valence-electron chi connectivity index (χ2n) is 4.51. The Balaban J connectivity index is 0.00000180. The van der Waals surface area contributed by atoms with Gasteiger partial charge in [-0.2, -0.15) is 0 Å². The first-order valence-electron chi connectivity index (χ1n) is 5.95. The number of thiophene rings is 1. The van der Waals surface area contributed by atoms with Crippen LogP contribution < -0.4 is 11.1 Å². The van der Waals surface area contributed by atoms with Crippen molar-refractivity contribution in [2.24, 2.45) is 11.1 Å². The van der Waals surface area contributed by atoms with E-state index in [4.69, 9.17) is 10.5 Å². The van der Waals surface area contributed by atoms with E-state index < -0.39 is 5.41 Å². The van der Waals surface area contributed by atoms with Crippen LogP contribution in [0.25, 0.3) is 0 Å². The van der Waals surface area contributed by atoms with Crippen molar-refractivity contribution in [2.45, 2.75) is 19.4 Å². The molecule has 2 heterocycles. The molecule has 7 heteroatoms. The van der Waals surface area contributed by atoms with Crippen LogP contribution in [0.3, 0.4) is 0 Å². The lowest BCUT2D eigenvalue weighted by molar-refractivity contribution is -0.136. The molecule has 0 saturated carbocycles. The second-order valence-corrected chi connectivity index (χ2v) is 6.42. The molecule has 0 spiro atoms. The molecule has 3 N–H and O–H groups in total. The van der Waals surface area contributed by atoms with Gasteiger partial charge in [0, 0.05) is 34.5 Å². The molecule has 0 atom stereocenters. The number of nitrogens with two attached hydrogens (primary N) is 1. The van der Waals surface area contributed by atoms with Crippen molar-refractivity contribution in [3.05, 3.63) is 20.8 Å². The SMILES string of the molecule is Cl.NCC1(C(=O)NCc2cc(Br)cs2)CCOCC1. The van der Waals surface area contributed by atoms with Crippen LogP contribution in [0.15, 0.2) is 15.9 Å². The Labute approximate surface area is 131 Å². The quantitative estimate of drug-likeness (QED) is 0.856. The van der Waals surface area contributed by atoms with E-state index in [0.29, 0.717) is 39.1 Å². The number of carbonyl (C=O) groups excluding carboxylic acids is 1. The largest absolute Gasteiger partial charge is 0.381 e. The predicted molar refractivity (Wildman–Crippen MR) is 82.7 cm³/mol.